The van der Waals surface area contributed by atoms with Crippen molar-refractivity contribution in [1.82, 2.24) is 4.98 Å². The number of nitriles is 1. The summed E-state index contributed by atoms with van der Waals surface area (Å²) in [6.07, 6.45) is 1.74. The van der Waals surface area contributed by atoms with Crippen LogP contribution in [0.15, 0.2) is 18.3 Å². The molecule has 1 aliphatic heterocycles. The average molecular weight is 233 g/mol. The fourth-order valence-electron chi connectivity index (χ4n) is 2.11. The lowest BCUT2D eigenvalue weighted by atomic mass is 10.2. The van der Waals surface area contributed by atoms with E-state index >= 15 is 0 Å². The van der Waals surface area contributed by atoms with Gasteiger partial charge >= 0.3 is 0 Å². The summed E-state index contributed by atoms with van der Waals surface area (Å²) >= 11 is 0. The zero-order chi connectivity index (χ0) is 12.3. The van der Waals surface area contributed by atoms with Crippen molar-refractivity contribution in [3.63, 3.8) is 0 Å². The summed E-state index contributed by atoms with van der Waals surface area (Å²) in [7, 11) is 3.34. The summed E-state index contributed by atoms with van der Waals surface area (Å²) in [6.45, 7) is 1.39. The number of hydrogen-bond acceptors (Lipinski definition) is 5. The Hall–Kier alpha value is -1.64. The first-order chi connectivity index (χ1) is 8.30. The van der Waals surface area contributed by atoms with Gasteiger partial charge in [-0.05, 0) is 12.1 Å². The van der Waals surface area contributed by atoms with Gasteiger partial charge in [0.2, 0.25) is 0 Å². The van der Waals surface area contributed by atoms with Gasteiger partial charge in [0.05, 0.1) is 5.56 Å². The van der Waals surface area contributed by atoms with Crippen molar-refractivity contribution in [3.05, 3.63) is 23.9 Å². The molecule has 2 heterocycles. The zero-order valence-corrected chi connectivity index (χ0v) is 9.96. The van der Waals surface area contributed by atoms with E-state index in [1.807, 2.05) is 4.90 Å². The highest BCUT2D eigenvalue weighted by Gasteiger charge is 2.34. The first kappa shape index (κ1) is 11.8. The summed E-state index contributed by atoms with van der Waals surface area (Å²) < 4.78 is 10.7. The second-order valence-electron chi connectivity index (χ2n) is 3.94. The van der Waals surface area contributed by atoms with E-state index in [1.54, 1.807) is 32.5 Å². The molecule has 17 heavy (non-hydrogen) atoms. The number of rotatable bonds is 3. The van der Waals surface area contributed by atoms with Crippen LogP contribution >= 0.6 is 0 Å². The number of methoxy groups -OCH3 is 2. The van der Waals surface area contributed by atoms with Gasteiger partial charge in [-0.25, -0.2) is 4.98 Å². The van der Waals surface area contributed by atoms with Crippen LogP contribution in [-0.4, -0.2) is 44.5 Å². The van der Waals surface area contributed by atoms with Gasteiger partial charge in [0, 0.05) is 33.5 Å². The Morgan fingerprint density at radius 2 is 2.00 bits per heavy atom. The Morgan fingerprint density at radius 3 is 2.53 bits per heavy atom. The summed E-state index contributed by atoms with van der Waals surface area (Å²) in [6, 6.07) is 5.68. The molecule has 0 amide bonds. The normalized spacial score (nSPS) is 23.7. The Kier molecular flexibility index (Phi) is 3.57. The first-order valence-electron chi connectivity index (χ1n) is 5.45. The Bertz CT molecular complexity index is 418. The minimum absolute atomic E-state index is 0.0218. The topological polar surface area (TPSA) is 58.4 Å². The molecule has 2 unspecified atom stereocenters. The Morgan fingerprint density at radius 1 is 1.35 bits per heavy atom. The van der Waals surface area contributed by atoms with Crippen LogP contribution in [-0.2, 0) is 9.47 Å². The predicted molar refractivity (Wildman–Crippen MR) is 62.8 cm³/mol. The molecule has 5 heteroatoms. The van der Waals surface area contributed by atoms with E-state index in [2.05, 4.69) is 11.1 Å². The third kappa shape index (κ3) is 2.23. The minimum Gasteiger partial charge on any atom is -0.377 e. The lowest BCUT2D eigenvalue weighted by molar-refractivity contribution is -0.00461. The number of ether oxygens (including phenoxy) is 2. The summed E-state index contributed by atoms with van der Waals surface area (Å²) in [5.74, 6) is 0.705. The van der Waals surface area contributed by atoms with Crippen LogP contribution in [0.25, 0.3) is 0 Å². The number of pyridine rings is 1. The number of nitrogens with zero attached hydrogens (tertiary/aromatic N) is 3. The van der Waals surface area contributed by atoms with E-state index in [0.717, 1.165) is 0 Å². The highest BCUT2D eigenvalue weighted by Crippen LogP contribution is 2.24. The zero-order valence-electron chi connectivity index (χ0n) is 9.96. The third-order valence-corrected chi connectivity index (χ3v) is 3.03. The molecule has 2 atom stereocenters. The van der Waals surface area contributed by atoms with Crippen molar-refractivity contribution >= 4 is 5.82 Å². The van der Waals surface area contributed by atoms with Gasteiger partial charge < -0.3 is 14.4 Å². The van der Waals surface area contributed by atoms with E-state index in [4.69, 9.17) is 14.7 Å². The summed E-state index contributed by atoms with van der Waals surface area (Å²) in [4.78, 5) is 6.29. The molecule has 5 nitrogen and oxygen atoms in total. The van der Waals surface area contributed by atoms with E-state index in [0.29, 0.717) is 24.5 Å². The second-order valence-corrected chi connectivity index (χ2v) is 3.94. The van der Waals surface area contributed by atoms with Crippen LogP contribution in [0.3, 0.4) is 0 Å². The predicted octanol–water partition coefficient (Wildman–Crippen LogP) is 0.803. The van der Waals surface area contributed by atoms with E-state index in [-0.39, 0.29) is 12.2 Å². The van der Waals surface area contributed by atoms with E-state index < -0.39 is 0 Å². The SMILES string of the molecule is COC1CN(c2ncccc2C#N)CC1OC. The largest absolute Gasteiger partial charge is 0.377 e. The monoisotopic (exact) mass is 233 g/mol. The lowest BCUT2D eigenvalue weighted by Gasteiger charge is -2.17. The molecular weight excluding hydrogens is 218 g/mol. The molecular formula is C12H15N3O2. The highest BCUT2D eigenvalue weighted by molar-refractivity contribution is 5.54. The van der Waals surface area contributed by atoms with Crippen LogP contribution in [0.2, 0.25) is 0 Å². The molecule has 0 aliphatic carbocycles. The molecule has 0 spiro atoms. The molecule has 1 aliphatic rings. The second kappa shape index (κ2) is 5.13. The van der Waals surface area contributed by atoms with Crippen LogP contribution < -0.4 is 4.90 Å². The van der Waals surface area contributed by atoms with Crippen molar-refractivity contribution in [2.75, 3.05) is 32.2 Å². The Balaban J connectivity index is 2.22. The van der Waals surface area contributed by atoms with Crippen molar-refractivity contribution in [2.45, 2.75) is 12.2 Å². The van der Waals surface area contributed by atoms with E-state index in [1.165, 1.54) is 0 Å². The maximum absolute atomic E-state index is 9.05. The maximum atomic E-state index is 9.05. The molecule has 2 rings (SSSR count). The van der Waals surface area contributed by atoms with Gasteiger partial charge in [0.25, 0.3) is 0 Å². The van der Waals surface area contributed by atoms with Gasteiger partial charge in [-0.2, -0.15) is 5.26 Å². The lowest BCUT2D eigenvalue weighted by Crippen LogP contribution is -2.27. The van der Waals surface area contributed by atoms with Gasteiger partial charge in [-0.3, -0.25) is 0 Å². The third-order valence-electron chi connectivity index (χ3n) is 3.03. The smallest absolute Gasteiger partial charge is 0.146 e. The molecule has 0 aromatic carbocycles. The average Bonchev–Trinajstić information content (AvgIpc) is 2.81. The van der Waals surface area contributed by atoms with Crippen molar-refractivity contribution in [1.29, 1.82) is 5.26 Å². The fraction of sp³-hybridized carbons (Fsp3) is 0.500. The van der Waals surface area contributed by atoms with Crippen LogP contribution in [0, 0.1) is 11.3 Å². The minimum atomic E-state index is 0.0218. The number of anilines is 1. The van der Waals surface area contributed by atoms with Gasteiger partial charge in [0.1, 0.15) is 24.1 Å². The van der Waals surface area contributed by atoms with Gasteiger partial charge in [0.15, 0.2) is 0 Å². The number of aromatic nitrogens is 1. The molecule has 90 valence electrons. The maximum Gasteiger partial charge on any atom is 0.146 e. The van der Waals surface area contributed by atoms with Crippen molar-refractivity contribution < 1.29 is 9.47 Å². The fourth-order valence-corrected chi connectivity index (χ4v) is 2.11. The molecule has 1 aromatic heterocycles. The summed E-state index contributed by atoms with van der Waals surface area (Å²) in [5.41, 5.74) is 0.583. The van der Waals surface area contributed by atoms with Gasteiger partial charge in [-0.15, -0.1) is 0 Å². The quantitative estimate of drug-likeness (QED) is 0.773. The van der Waals surface area contributed by atoms with Crippen molar-refractivity contribution in [2.24, 2.45) is 0 Å². The number of hydrogen-bond donors (Lipinski definition) is 0. The first-order valence-corrected chi connectivity index (χ1v) is 5.45. The van der Waals surface area contributed by atoms with Crippen LogP contribution in [0.5, 0.6) is 0 Å². The molecule has 1 aromatic rings. The summed E-state index contributed by atoms with van der Waals surface area (Å²) in [5, 5.41) is 9.05. The molecule has 0 saturated carbocycles. The molecule has 0 radical (unpaired) electrons. The highest BCUT2D eigenvalue weighted by atomic mass is 16.5. The van der Waals surface area contributed by atoms with Crippen molar-refractivity contribution in [3.8, 4) is 6.07 Å². The van der Waals surface area contributed by atoms with Crippen LogP contribution in [0.1, 0.15) is 5.56 Å². The van der Waals surface area contributed by atoms with Gasteiger partial charge in [-0.1, -0.05) is 0 Å². The molecule has 1 saturated heterocycles. The molecule has 0 bridgehead atoms. The molecule has 1 fully saturated rings. The van der Waals surface area contributed by atoms with Crippen LogP contribution in [0.4, 0.5) is 5.82 Å². The van der Waals surface area contributed by atoms with E-state index in [9.17, 15) is 0 Å². The Labute approximate surface area is 101 Å². The molecule has 0 N–H and O–H groups in total. The standard InChI is InChI=1S/C12H15N3O2/c1-16-10-7-15(8-11(10)17-2)12-9(6-13)4-3-5-14-12/h3-5,10-11H,7-8H2,1-2H3.